The van der Waals surface area contributed by atoms with Crippen molar-refractivity contribution in [3.63, 3.8) is 0 Å². The van der Waals surface area contributed by atoms with E-state index >= 15 is 0 Å². The Morgan fingerprint density at radius 1 is 1.10 bits per heavy atom. The van der Waals surface area contributed by atoms with Gasteiger partial charge in [0.25, 0.3) is 5.56 Å². The predicted octanol–water partition coefficient (Wildman–Crippen LogP) is 4.48. The molecule has 0 aliphatic carbocycles. The first-order chi connectivity index (χ1) is 15.2. The number of ether oxygens (including phenoxy) is 2. The average molecular weight is 430 g/mol. The Kier molecular flexibility index (Phi) is 4.81. The minimum absolute atomic E-state index is 0.129. The van der Waals surface area contributed by atoms with Gasteiger partial charge in [-0.3, -0.25) is 4.79 Å². The summed E-state index contributed by atoms with van der Waals surface area (Å²) in [6, 6.07) is 21.3. The van der Waals surface area contributed by atoms with E-state index in [1.165, 1.54) is 10.9 Å². The molecule has 0 saturated carbocycles. The number of hydrogen-bond donors (Lipinski definition) is 0. The van der Waals surface area contributed by atoms with Crippen molar-refractivity contribution in [1.82, 2.24) is 9.78 Å². The molecule has 0 amide bonds. The summed E-state index contributed by atoms with van der Waals surface area (Å²) in [7, 11) is 0. The van der Waals surface area contributed by atoms with E-state index in [1.54, 1.807) is 18.2 Å². The van der Waals surface area contributed by atoms with Gasteiger partial charge in [-0.1, -0.05) is 60.1 Å². The Bertz CT molecular complexity index is 1400. The lowest BCUT2D eigenvalue weighted by Gasteiger charge is -2.14. The number of nitrogens with zero attached hydrogens (tertiary/aromatic N) is 3. The van der Waals surface area contributed by atoms with Crippen molar-refractivity contribution >= 4 is 22.4 Å². The lowest BCUT2D eigenvalue weighted by Crippen LogP contribution is -2.28. The van der Waals surface area contributed by atoms with Crippen molar-refractivity contribution in [3.8, 4) is 17.6 Å². The molecule has 5 rings (SSSR count). The third-order valence-corrected chi connectivity index (χ3v) is 5.68. The first-order valence-electron chi connectivity index (χ1n) is 9.67. The summed E-state index contributed by atoms with van der Waals surface area (Å²) < 4.78 is 12.1. The standard InChI is InChI=1S/C24H16ClN3O3/c25-20-12-27-28(13-17-6-3-5-15-4-1-2-7-18(15)17)24(29)23(20)19(11-26)16-8-9-21-22(10-16)31-14-30-21/h1-10,12,19H,13-14H2. The monoisotopic (exact) mass is 429 g/mol. The molecule has 1 aliphatic rings. The second-order valence-corrected chi connectivity index (χ2v) is 7.59. The van der Waals surface area contributed by atoms with Gasteiger partial charge >= 0.3 is 0 Å². The van der Waals surface area contributed by atoms with Crippen LogP contribution in [0.2, 0.25) is 5.02 Å². The second-order valence-electron chi connectivity index (χ2n) is 7.18. The van der Waals surface area contributed by atoms with Gasteiger partial charge in [-0.25, -0.2) is 4.68 Å². The maximum absolute atomic E-state index is 13.3. The zero-order valence-electron chi connectivity index (χ0n) is 16.3. The first kappa shape index (κ1) is 19.2. The number of aromatic nitrogens is 2. The Balaban J connectivity index is 1.58. The van der Waals surface area contributed by atoms with Gasteiger partial charge in [-0.15, -0.1) is 0 Å². The molecule has 1 atom stereocenters. The van der Waals surface area contributed by atoms with E-state index in [1.807, 2.05) is 42.5 Å². The summed E-state index contributed by atoms with van der Waals surface area (Å²) in [4.78, 5) is 13.3. The summed E-state index contributed by atoms with van der Waals surface area (Å²) in [5.41, 5.74) is 1.36. The number of halogens is 1. The van der Waals surface area contributed by atoms with Crippen LogP contribution in [0.25, 0.3) is 10.8 Å². The van der Waals surface area contributed by atoms with Gasteiger partial charge in [0, 0.05) is 0 Å². The van der Waals surface area contributed by atoms with Crippen LogP contribution >= 0.6 is 11.6 Å². The van der Waals surface area contributed by atoms with Crippen LogP contribution in [0.5, 0.6) is 11.5 Å². The normalized spacial score (nSPS) is 13.2. The molecule has 1 aliphatic heterocycles. The third kappa shape index (κ3) is 3.39. The van der Waals surface area contributed by atoms with Gasteiger partial charge in [-0.05, 0) is 34.0 Å². The molecule has 0 spiro atoms. The smallest absolute Gasteiger partial charge is 0.273 e. The second kappa shape index (κ2) is 7.78. The molecular weight excluding hydrogens is 414 g/mol. The largest absolute Gasteiger partial charge is 0.454 e. The molecule has 6 nitrogen and oxygen atoms in total. The maximum atomic E-state index is 13.3. The highest BCUT2D eigenvalue weighted by molar-refractivity contribution is 6.31. The highest BCUT2D eigenvalue weighted by Gasteiger charge is 2.25. The molecule has 31 heavy (non-hydrogen) atoms. The topological polar surface area (TPSA) is 77.1 Å². The number of benzene rings is 3. The summed E-state index contributed by atoms with van der Waals surface area (Å²) in [5, 5.41) is 16.4. The Labute approximate surface area is 182 Å². The van der Waals surface area contributed by atoms with E-state index in [0.29, 0.717) is 17.1 Å². The van der Waals surface area contributed by atoms with Crippen LogP contribution in [0.1, 0.15) is 22.6 Å². The Morgan fingerprint density at radius 2 is 1.90 bits per heavy atom. The van der Waals surface area contributed by atoms with Gasteiger partial charge in [0.15, 0.2) is 11.5 Å². The molecule has 0 N–H and O–H groups in total. The predicted molar refractivity (Wildman–Crippen MR) is 117 cm³/mol. The third-order valence-electron chi connectivity index (χ3n) is 5.38. The van der Waals surface area contributed by atoms with Crippen LogP contribution < -0.4 is 15.0 Å². The van der Waals surface area contributed by atoms with Crippen molar-refractivity contribution in [3.05, 3.63) is 98.9 Å². The molecule has 7 heteroatoms. The summed E-state index contributed by atoms with van der Waals surface area (Å²) >= 11 is 6.36. The van der Waals surface area contributed by atoms with Crippen LogP contribution in [0.3, 0.4) is 0 Å². The van der Waals surface area contributed by atoms with E-state index in [2.05, 4.69) is 11.2 Å². The van der Waals surface area contributed by atoms with Gasteiger partial charge in [0.2, 0.25) is 6.79 Å². The van der Waals surface area contributed by atoms with Crippen molar-refractivity contribution < 1.29 is 9.47 Å². The fraction of sp³-hybridized carbons (Fsp3) is 0.125. The molecule has 2 heterocycles. The summed E-state index contributed by atoms with van der Waals surface area (Å²) in [6.45, 7) is 0.396. The quantitative estimate of drug-likeness (QED) is 0.478. The molecule has 1 aromatic heterocycles. The fourth-order valence-electron chi connectivity index (χ4n) is 3.85. The molecule has 0 bridgehead atoms. The first-order valence-corrected chi connectivity index (χ1v) is 10.0. The van der Waals surface area contributed by atoms with Crippen LogP contribution in [-0.4, -0.2) is 16.6 Å². The zero-order chi connectivity index (χ0) is 21.4. The van der Waals surface area contributed by atoms with E-state index < -0.39 is 11.5 Å². The molecule has 1 unspecified atom stereocenters. The van der Waals surface area contributed by atoms with Crippen LogP contribution in [0, 0.1) is 11.3 Å². The zero-order valence-corrected chi connectivity index (χ0v) is 17.0. The molecule has 0 saturated heterocycles. The summed E-state index contributed by atoms with van der Waals surface area (Å²) in [5.74, 6) is 0.282. The van der Waals surface area contributed by atoms with Crippen molar-refractivity contribution in [1.29, 1.82) is 5.26 Å². The summed E-state index contributed by atoms with van der Waals surface area (Å²) in [6.07, 6.45) is 1.42. The molecule has 152 valence electrons. The van der Waals surface area contributed by atoms with Crippen molar-refractivity contribution in [2.75, 3.05) is 6.79 Å². The van der Waals surface area contributed by atoms with Gasteiger partial charge in [-0.2, -0.15) is 10.4 Å². The minimum Gasteiger partial charge on any atom is -0.454 e. The van der Waals surface area contributed by atoms with E-state index in [-0.39, 0.29) is 23.9 Å². The van der Waals surface area contributed by atoms with E-state index in [0.717, 1.165) is 16.3 Å². The van der Waals surface area contributed by atoms with E-state index in [4.69, 9.17) is 21.1 Å². The average Bonchev–Trinajstić information content (AvgIpc) is 3.26. The van der Waals surface area contributed by atoms with Crippen LogP contribution in [0.15, 0.2) is 71.7 Å². The Morgan fingerprint density at radius 3 is 2.77 bits per heavy atom. The van der Waals surface area contributed by atoms with E-state index in [9.17, 15) is 10.1 Å². The van der Waals surface area contributed by atoms with Gasteiger partial charge in [0.1, 0.15) is 5.92 Å². The molecule has 3 aromatic carbocycles. The van der Waals surface area contributed by atoms with Gasteiger partial charge in [0.05, 0.1) is 29.4 Å². The lowest BCUT2D eigenvalue weighted by atomic mass is 9.93. The Hall–Kier alpha value is -3.82. The fourth-order valence-corrected chi connectivity index (χ4v) is 4.08. The molecule has 4 aromatic rings. The molecular formula is C24H16ClN3O3. The van der Waals surface area contributed by atoms with Gasteiger partial charge < -0.3 is 9.47 Å². The maximum Gasteiger partial charge on any atom is 0.273 e. The number of fused-ring (bicyclic) bond motifs is 2. The number of hydrogen-bond acceptors (Lipinski definition) is 5. The van der Waals surface area contributed by atoms with Crippen molar-refractivity contribution in [2.24, 2.45) is 0 Å². The number of nitriles is 1. The minimum atomic E-state index is -0.865. The molecule has 0 fully saturated rings. The van der Waals surface area contributed by atoms with Crippen LogP contribution in [0.4, 0.5) is 0 Å². The highest BCUT2D eigenvalue weighted by Crippen LogP contribution is 2.36. The van der Waals surface area contributed by atoms with Crippen LogP contribution in [-0.2, 0) is 6.54 Å². The highest BCUT2D eigenvalue weighted by atomic mass is 35.5. The van der Waals surface area contributed by atoms with Crippen molar-refractivity contribution in [2.45, 2.75) is 12.5 Å². The molecule has 0 radical (unpaired) electrons. The number of rotatable bonds is 4. The lowest BCUT2D eigenvalue weighted by molar-refractivity contribution is 0.174. The SMILES string of the molecule is N#CC(c1ccc2c(c1)OCO2)c1c(Cl)cnn(Cc2cccc3ccccc23)c1=O.